The number of hydrogen-bond donors (Lipinski definition) is 2. The van der Waals surface area contributed by atoms with Gasteiger partial charge in [-0.2, -0.15) is 0 Å². The first-order chi connectivity index (χ1) is 13.5. The third-order valence-corrected chi connectivity index (χ3v) is 7.95. The summed E-state index contributed by atoms with van der Waals surface area (Å²) in [6, 6.07) is 14.6. The first-order valence-corrected chi connectivity index (χ1v) is 11.8. The van der Waals surface area contributed by atoms with Gasteiger partial charge in [-0.1, -0.05) is 29.8 Å². The highest BCUT2D eigenvalue weighted by molar-refractivity contribution is 7.93. The van der Waals surface area contributed by atoms with Crippen molar-refractivity contribution >= 4 is 37.1 Å². The van der Waals surface area contributed by atoms with Crippen molar-refractivity contribution in [3.05, 3.63) is 76.8 Å². The van der Waals surface area contributed by atoms with E-state index < -0.39 is 25.6 Å². The molecule has 0 bridgehead atoms. The van der Waals surface area contributed by atoms with Crippen LogP contribution in [0.2, 0.25) is 5.02 Å². The molecule has 0 atom stereocenters. The number of sulfone groups is 1. The number of nitrogens with one attached hydrogen (secondary N) is 1. The molecule has 0 aromatic heterocycles. The van der Waals surface area contributed by atoms with Crippen molar-refractivity contribution < 1.29 is 21.9 Å². The van der Waals surface area contributed by atoms with Gasteiger partial charge in [-0.05, 0) is 67.4 Å². The number of phenols is 1. The molecule has 2 N–H and O–H groups in total. The summed E-state index contributed by atoms with van der Waals surface area (Å²) in [5.74, 6) is -0.430. The molecule has 6 nitrogen and oxygen atoms in total. The van der Waals surface area contributed by atoms with Crippen molar-refractivity contribution in [2.75, 3.05) is 4.72 Å². The molecule has 3 aromatic rings. The van der Waals surface area contributed by atoms with Crippen molar-refractivity contribution in [1.82, 2.24) is 0 Å². The van der Waals surface area contributed by atoms with E-state index in [9.17, 15) is 21.9 Å². The summed E-state index contributed by atoms with van der Waals surface area (Å²) in [6.45, 7) is 2.93. The van der Waals surface area contributed by atoms with Gasteiger partial charge >= 0.3 is 0 Å². The Morgan fingerprint density at radius 1 is 0.862 bits per heavy atom. The molecule has 3 rings (SSSR count). The smallest absolute Gasteiger partial charge is 0.261 e. The van der Waals surface area contributed by atoms with Crippen molar-refractivity contribution in [1.29, 1.82) is 0 Å². The second-order valence-corrected chi connectivity index (χ2v) is 10.4. The molecule has 0 aliphatic heterocycles. The molecule has 0 saturated carbocycles. The summed E-state index contributed by atoms with van der Waals surface area (Å²) < 4.78 is 54.1. The maximum atomic E-state index is 13.1. The van der Waals surface area contributed by atoms with E-state index in [0.717, 1.165) is 0 Å². The number of halogens is 1. The molecule has 29 heavy (non-hydrogen) atoms. The Morgan fingerprint density at radius 3 is 2.03 bits per heavy atom. The Bertz CT molecular complexity index is 1270. The van der Waals surface area contributed by atoms with E-state index in [2.05, 4.69) is 4.72 Å². The lowest BCUT2D eigenvalue weighted by Gasteiger charge is -2.17. The van der Waals surface area contributed by atoms with Crippen LogP contribution in [0.5, 0.6) is 5.75 Å². The van der Waals surface area contributed by atoms with Gasteiger partial charge in [0.25, 0.3) is 10.0 Å². The molecular formula is C20H18ClNO5S2. The van der Waals surface area contributed by atoms with Crippen molar-refractivity contribution in [2.24, 2.45) is 0 Å². The molecule has 152 valence electrons. The van der Waals surface area contributed by atoms with E-state index in [1.54, 1.807) is 18.2 Å². The Kier molecular flexibility index (Phi) is 5.62. The highest BCUT2D eigenvalue weighted by Crippen LogP contribution is 2.38. The number of aromatic hydroxyl groups is 1. The fraction of sp³-hybridized carbons (Fsp3) is 0.100. The van der Waals surface area contributed by atoms with Crippen LogP contribution in [0.4, 0.5) is 5.69 Å². The van der Waals surface area contributed by atoms with Crippen LogP contribution in [0, 0.1) is 13.8 Å². The van der Waals surface area contributed by atoms with Gasteiger partial charge in [0.15, 0.2) is 0 Å². The minimum atomic E-state index is -4.13. The van der Waals surface area contributed by atoms with E-state index in [1.165, 1.54) is 56.3 Å². The lowest BCUT2D eigenvalue weighted by molar-refractivity contribution is 0.453. The minimum absolute atomic E-state index is 0.0345. The molecule has 3 aromatic carbocycles. The number of rotatable bonds is 5. The molecule has 0 aliphatic carbocycles. The lowest BCUT2D eigenvalue weighted by atomic mass is 10.1. The van der Waals surface area contributed by atoms with Crippen LogP contribution >= 0.6 is 11.6 Å². The molecule has 9 heteroatoms. The van der Waals surface area contributed by atoms with Gasteiger partial charge in [0, 0.05) is 5.02 Å². The first kappa shape index (κ1) is 21.2. The number of phenolic OH excluding ortho intramolecular Hbond substituents is 1. The fourth-order valence-corrected chi connectivity index (χ4v) is 5.76. The summed E-state index contributed by atoms with van der Waals surface area (Å²) in [5.41, 5.74) is 0.369. The largest absolute Gasteiger partial charge is 0.506 e. The Labute approximate surface area is 174 Å². The minimum Gasteiger partial charge on any atom is -0.506 e. The summed E-state index contributed by atoms with van der Waals surface area (Å²) >= 11 is 5.83. The third-order valence-electron chi connectivity index (χ3n) is 4.38. The van der Waals surface area contributed by atoms with Crippen LogP contribution in [0.3, 0.4) is 0 Å². The van der Waals surface area contributed by atoms with E-state index in [4.69, 9.17) is 11.6 Å². The second-order valence-electron chi connectivity index (χ2n) is 6.42. The molecule has 0 heterocycles. The normalized spacial score (nSPS) is 12.0. The molecule has 0 spiro atoms. The predicted molar refractivity (Wildman–Crippen MR) is 112 cm³/mol. The van der Waals surface area contributed by atoms with Crippen molar-refractivity contribution in [3.63, 3.8) is 0 Å². The maximum absolute atomic E-state index is 13.1. The van der Waals surface area contributed by atoms with Crippen LogP contribution in [-0.4, -0.2) is 21.9 Å². The maximum Gasteiger partial charge on any atom is 0.261 e. The third kappa shape index (κ3) is 4.10. The van der Waals surface area contributed by atoms with Gasteiger partial charge in [0.05, 0.1) is 15.5 Å². The zero-order valence-corrected chi connectivity index (χ0v) is 17.9. The van der Waals surface area contributed by atoms with Gasteiger partial charge in [-0.25, -0.2) is 16.8 Å². The van der Waals surface area contributed by atoms with Gasteiger partial charge in [0.1, 0.15) is 10.6 Å². The summed E-state index contributed by atoms with van der Waals surface area (Å²) in [6.07, 6.45) is 0. The molecule has 0 radical (unpaired) electrons. The number of aryl methyl sites for hydroxylation is 1. The van der Waals surface area contributed by atoms with E-state index in [0.29, 0.717) is 5.02 Å². The van der Waals surface area contributed by atoms with Crippen molar-refractivity contribution in [3.8, 4) is 5.75 Å². The predicted octanol–water partition coefficient (Wildman–Crippen LogP) is 4.30. The topological polar surface area (TPSA) is 101 Å². The van der Waals surface area contributed by atoms with Crippen LogP contribution in [0.25, 0.3) is 0 Å². The zero-order valence-electron chi connectivity index (χ0n) is 15.5. The molecular weight excluding hydrogens is 434 g/mol. The fourth-order valence-electron chi connectivity index (χ4n) is 2.84. The van der Waals surface area contributed by atoms with Crippen LogP contribution < -0.4 is 4.72 Å². The second kappa shape index (κ2) is 7.70. The Balaban J connectivity index is 2.16. The molecule has 0 aliphatic rings. The zero-order chi connectivity index (χ0) is 21.4. The highest BCUT2D eigenvalue weighted by Gasteiger charge is 2.28. The van der Waals surface area contributed by atoms with Gasteiger partial charge in [-0.3, -0.25) is 4.72 Å². The Hall–Kier alpha value is -2.55. The number of hydrogen-bond acceptors (Lipinski definition) is 5. The SMILES string of the molecule is Cc1cc(NS(=O)(=O)c2ccccc2)c(C)c(S(=O)(=O)c2ccc(Cl)cc2)c1O. The lowest BCUT2D eigenvalue weighted by Crippen LogP contribution is -2.15. The van der Waals surface area contributed by atoms with Gasteiger partial charge in [0.2, 0.25) is 9.84 Å². The summed E-state index contributed by atoms with van der Waals surface area (Å²) in [7, 11) is -8.07. The molecule has 0 saturated heterocycles. The van der Waals surface area contributed by atoms with Gasteiger partial charge in [-0.15, -0.1) is 0 Å². The average Bonchev–Trinajstić information content (AvgIpc) is 2.67. The quantitative estimate of drug-likeness (QED) is 0.563. The highest BCUT2D eigenvalue weighted by atomic mass is 35.5. The number of sulfonamides is 1. The summed E-state index contributed by atoms with van der Waals surface area (Å²) in [4.78, 5) is -0.388. The molecule has 0 amide bonds. The average molecular weight is 452 g/mol. The standard InChI is InChI=1S/C20H18ClNO5S2/c1-13-12-18(22-29(26,27)17-6-4-3-5-7-17)14(2)20(19(13)23)28(24,25)16-10-8-15(21)9-11-16/h3-12,22-23H,1-2H3. The first-order valence-electron chi connectivity index (χ1n) is 8.46. The van der Waals surface area contributed by atoms with E-state index in [-0.39, 0.29) is 31.5 Å². The van der Waals surface area contributed by atoms with E-state index >= 15 is 0 Å². The number of benzene rings is 3. The molecule has 0 fully saturated rings. The molecule has 0 unspecified atom stereocenters. The van der Waals surface area contributed by atoms with Crippen LogP contribution in [0.1, 0.15) is 11.1 Å². The summed E-state index contributed by atoms with van der Waals surface area (Å²) in [5, 5.41) is 10.9. The van der Waals surface area contributed by atoms with E-state index in [1.807, 2.05) is 0 Å². The number of anilines is 1. The van der Waals surface area contributed by atoms with Crippen LogP contribution in [-0.2, 0) is 19.9 Å². The van der Waals surface area contributed by atoms with Gasteiger partial charge < -0.3 is 5.11 Å². The van der Waals surface area contributed by atoms with Crippen LogP contribution in [0.15, 0.2) is 75.4 Å². The Morgan fingerprint density at radius 2 is 1.45 bits per heavy atom. The monoisotopic (exact) mass is 451 g/mol. The van der Waals surface area contributed by atoms with Crippen molar-refractivity contribution in [2.45, 2.75) is 28.5 Å².